The maximum absolute atomic E-state index is 13.0. The van der Waals surface area contributed by atoms with Crippen molar-refractivity contribution in [3.8, 4) is 0 Å². The molecule has 2 saturated heterocycles. The Morgan fingerprint density at radius 3 is 2.53 bits per heavy atom. The standard InChI is InChI=1S/C29H36N2O/c1-22-7-6-17-30(22)18-16-23-12-14-25(15-13-23)27-11-5-10-26-20-31(21-28(26)27)29(32)19-24-8-3-2-4-9-24/h2-4,8-9,11-15,22,26,28H,5-7,10,16-21H2,1H3/t22?,26-,28+/m1/s1. The zero-order valence-electron chi connectivity index (χ0n) is 19.4. The summed E-state index contributed by atoms with van der Waals surface area (Å²) < 4.78 is 0. The van der Waals surface area contributed by atoms with E-state index in [4.69, 9.17) is 0 Å². The third-order valence-electron chi connectivity index (χ3n) is 7.96. The molecule has 3 atom stereocenters. The van der Waals surface area contributed by atoms with E-state index in [1.54, 1.807) is 0 Å². The van der Waals surface area contributed by atoms with E-state index in [-0.39, 0.29) is 5.91 Å². The van der Waals surface area contributed by atoms with Crippen LogP contribution in [-0.4, -0.2) is 47.9 Å². The first-order valence-electron chi connectivity index (χ1n) is 12.5. The van der Waals surface area contributed by atoms with Crippen LogP contribution in [0.5, 0.6) is 0 Å². The molecule has 0 saturated carbocycles. The van der Waals surface area contributed by atoms with E-state index >= 15 is 0 Å². The monoisotopic (exact) mass is 428 g/mol. The van der Waals surface area contributed by atoms with Gasteiger partial charge < -0.3 is 9.80 Å². The lowest BCUT2D eigenvalue weighted by Crippen LogP contribution is -2.30. The predicted molar refractivity (Wildman–Crippen MR) is 131 cm³/mol. The number of likely N-dealkylation sites (tertiary alicyclic amines) is 2. The molecule has 0 N–H and O–H groups in total. The molecule has 1 aliphatic carbocycles. The molecule has 2 fully saturated rings. The minimum atomic E-state index is 0.274. The number of hydrogen-bond donors (Lipinski definition) is 0. The molecule has 0 radical (unpaired) electrons. The molecule has 2 aromatic rings. The van der Waals surface area contributed by atoms with Gasteiger partial charge >= 0.3 is 0 Å². The first kappa shape index (κ1) is 21.5. The van der Waals surface area contributed by atoms with E-state index < -0.39 is 0 Å². The van der Waals surface area contributed by atoms with Crippen molar-refractivity contribution in [1.82, 2.24) is 9.80 Å². The van der Waals surface area contributed by atoms with Crippen LogP contribution in [0.4, 0.5) is 0 Å². The van der Waals surface area contributed by atoms with E-state index in [9.17, 15) is 4.79 Å². The van der Waals surface area contributed by atoms with Gasteiger partial charge in [-0.3, -0.25) is 4.79 Å². The highest BCUT2D eigenvalue weighted by Gasteiger charge is 2.38. The van der Waals surface area contributed by atoms with Gasteiger partial charge in [-0.05, 0) is 73.8 Å². The molecule has 2 heterocycles. The molecule has 3 heteroatoms. The fourth-order valence-corrected chi connectivity index (χ4v) is 6.00. The van der Waals surface area contributed by atoms with Crippen molar-refractivity contribution in [1.29, 1.82) is 0 Å². The van der Waals surface area contributed by atoms with Crippen LogP contribution < -0.4 is 0 Å². The fraction of sp³-hybridized carbons (Fsp3) is 0.483. The quantitative estimate of drug-likeness (QED) is 0.631. The van der Waals surface area contributed by atoms with Crippen molar-refractivity contribution in [2.24, 2.45) is 11.8 Å². The van der Waals surface area contributed by atoms with E-state index in [0.717, 1.165) is 37.5 Å². The molecule has 2 aliphatic heterocycles. The van der Waals surface area contributed by atoms with Gasteiger partial charge in [0.1, 0.15) is 0 Å². The van der Waals surface area contributed by atoms with Crippen LogP contribution in [0.3, 0.4) is 0 Å². The Balaban J connectivity index is 1.21. The summed E-state index contributed by atoms with van der Waals surface area (Å²) in [5, 5.41) is 0. The molecular formula is C29H36N2O. The van der Waals surface area contributed by atoms with Crippen LogP contribution in [0.15, 0.2) is 60.7 Å². The highest BCUT2D eigenvalue weighted by atomic mass is 16.2. The predicted octanol–water partition coefficient (Wildman–Crippen LogP) is 5.21. The van der Waals surface area contributed by atoms with Gasteiger partial charge in [0.05, 0.1) is 6.42 Å². The van der Waals surface area contributed by atoms with E-state index in [1.165, 1.54) is 49.1 Å². The second kappa shape index (κ2) is 9.62. The molecule has 1 unspecified atom stereocenters. The number of carbonyl (C=O) groups is 1. The number of hydrogen-bond acceptors (Lipinski definition) is 2. The minimum Gasteiger partial charge on any atom is -0.341 e. The van der Waals surface area contributed by atoms with Crippen molar-refractivity contribution in [3.63, 3.8) is 0 Å². The van der Waals surface area contributed by atoms with Gasteiger partial charge in [0.2, 0.25) is 5.91 Å². The lowest BCUT2D eigenvalue weighted by atomic mass is 9.78. The summed E-state index contributed by atoms with van der Waals surface area (Å²) in [7, 11) is 0. The van der Waals surface area contributed by atoms with Crippen molar-refractivity contribution in [2.45, 2.75) is 51.5 Å². The Labute approximate surface area is 193 Å². The van der Waals surface area contributed by atoms with Gasteiger partial charge in [0.25, 0.3) is 0 Å². The van der Waals surface area contributed by atoms with Gasteiger partial charge in [0, 0.05) is 31.6 Å². The van der Waals surface area contributed by atoms with Gasteiger partial charge in [-0.2, -0.15) is 0 Å². The summed E-state index contributed by atoms with van der Waals surface area (Å²) in [6.07, 6.45) is 9.12. The number of carbonyl (C=O) groups excluding carboxylic acids is 1. The van der Waals surface area contributed by atoms with Crippen molar-refractivity contribution < 1.29 is 4.79 Å². The number of nitrogens with zero attached hydrogens (tertiary/aromatic N) is 2. The van der Waals surface area contributed by atoms with Gasteiger partial charge in [0.15, 0.2) is 0 Å². The molecule has 1 amide bonds. The average molecular weight is 429 g/mol. The molecule has 3 nitrogen and oxygen atoms in total. The second-order valence-corrected chi connectivity index (χ2v) is 10.0. The molecule has 0 spiro atoms. The van der Waals surface area contributed by atoms with Crippen molar-refractivity contribution >= 4 is 11.5 Å². The summed E-state index contributed by atoms with van der Waals surface area (Å²) >= 11 is 0. The van der Waals surface area contributed by atoms with Crippen LogP contribution in [-0.2, 0) is 17.6 Å². The maximum Gasteiger partial charge on any atom is 0.227 e. The first-order valence-corrected chi connectivity index (χ1v) is 12.5. The average Bonchev–Trinajstić information content (AvgIpc) is 3.44. The van der Waals surface area contributed by atoms with E-state index in [0.29, 0.717) is 18.3 Å². The molecule has 3 aliphatic rings. The van der Waals surface area contributed by atoms with Crippen molar-refractivity contribution in [3.05, 3.63) is 77.4 Å². The topological polar surface area (TPSA) is 23.6 Å². The van der Waals surface area contributed by atoms with Gasteiger partial charge in [-0.25, -0.2) is 0 Å². The second-order valence-electron chi connectivity index (χ2n) is 10.0. The third kappa shape index (κ3) is 4.68. The molecular weight excluding hydrogens is 392 g/mol. The zero-order chi connectivity index (χ0) is 21.9. The first-order chi connectivity index (χ1) is 15.7. The highest BCUT2D eigenvalue weighted by molar-refractivity contribution is 5.80. The highest BCUT2D eigenvalue weighted by Crippen LogP contribution is 2.41. The lowest BCUT2D eigenvalue weighted by Gasteiger charge is -2.26. The van der Waals surface area contributed by atoms with Crippen LogP contribution in [0, 0.1) is 11.8 Å². The summed E-state index contributed by atoms with van der Waals surface area (Å²) in [6, 6.07) is 20.2. The number of fused-ring (bicyclic) bond motifs is 1. The molecule has 5 rings (SSSR count). The summed E-state index contributed by atoms with van der Waals surface area (Å²) in [5.74, 6) is 1.36. The smallest absolute Gasteiger partial charge is 0.227 e. The number of amides is 1. The largest absolute Gasteiger partial charge is 0.341 e. The van der Waals surface area contributed by atoms with Gasteiger partial charge in [-0.1, -0.05) is 60.7 Å². The minimum absolute atomic E-state index is 0.274. The molecule has 0 bridgehead atoms. The Bertz CT molecular complexity index is 949. The van der Waals surface area contributed by atoms with Gasteiger partial charge in [-0.15, -0.1) is 0 Å². The number of rotatable bonds is 6. The Morgan fingerprint density at radius 2 is 1.78 bits per heavy atom. The van der Waals surface area contributed by atoms with Crippen LogP contribution in [0.1, 0.15) is 49.3 Å². The molecule has 168 valence electrons. The number of benzene rings is 2. The SMILES string of the molecule is CC1CCCN1CCc1ccc(C2=CCC[C@@H]3CN(C(=O)Cc4ccccc4)C[C@H]23)cc1. The van der Waals surface area contributed by atoms with Crippen LogP contribution in [0.25, 0.3) is 5.57 Å². The molecule has 32 heavy (non-hydrogen) atoms. The van der Waals surface area contributed by atoms with Crippen molar-refractivity contribution in [2.75, 3.05) is 26.2 Å². The Kier molecular flexibility index (Phi) is 6.45. The Hall–Kier alpha value is -2.39. The molecule has 2 aromatic carbocycles. The molecule has 0 aromatic heterocycles. The summed E-state index contributed by atoms with van der Waals surface area (Å²) in [5.41, 5.74) is 5.38. The lowest BCUT2D eigenvalue weighted by molar-refractivity contribution is -0.129. The third-order valence-corrected chi connectivity index (χ3v) is 7.96. The Morgan fingerprint density at radius 1 is 0.969 bits per heavy atom. The van der Waals surface area contributed by atoms with Crippen LogP contribution in [0.2, 0.25) is 0 Å². The summed E-state index contributed by atoms with van der Waals surface area (Å²) in [4.78, 5) is 17.7. The van der Waals surface area contributed by atoms with E-state index in [2.05, 4.69) is 59.2 Å². The van der Waals surface area contributed by atoms with E-state index in [1.807, 2.05) is 18.2 Å². The fourth-order valence-electron chi connectivity index (χ4n) is 6.00. The normalized spacial score (nSPS) is 25.6. The van der Waals surface area contributed by atoms with Crippen LogP contribution >= 0.6 is 0 Å². The maximum atomic E-state index is 13.0. The summed E-state index contributed by atoms with van der Waals surface area (Å²) in [6.45, 7) is 6.58. The zero-order valence-corrected chi connectivity index (χ0v) is 19.4. The number of allylic oxidation sites excluding steroid dienone is 1.